The molecule has 0 aliphatic rings. The Labute approximate surface area is 124 Å². The van der Waals surface area contributed by atoms with Gasteiger partial charge in [-0.15, -0.1) is 0 Å². The van der Waals surface area contributed by atoms with Crippen LogP contribution in [-0.4, -0.2) is 0 Å². The van der Waals surface area contributed by atoms with E-state index in [2.05, 4.69) is 0 Å². The van der Waals surface area contributed by atoms with Gasteiger partial charge in [-0.05, 0) is 42.3 Å². The monoisotopic (exact) mass is 316 g/mol. The minimum absolute atomic E-state index is 0.00671. The molecule has 6 heteroatoms. The zero-order chi connectivity index (χ0) is 16.3. The van der Waals surface area contributed by atoms with Crippen LogP contribution in [0.25, 0.3) is 0 Å². The molecule has 0 unspecified atom stereocenters. The first-order valence-corrected chi connectivity index (χ1v) is 6.45. The maximum atomic E-state index is 12.6. The zero-order valence-electron chi connectivity index (χ0n) is 11.6. The molecule has 0 bridgehead atoms. The molecule has 0 radical (unpaired) electrons. The van der Waals surface area contributed by atoms with E-state index in [9.17, 15) is 22.0 Å². The molecule has 0 saturated carbocycles. The Morgan fingerprint density at radius 1 is 1.05 bits per heavy atom. The summed E-state index contributed by atoms with van der Waals surface area (Å²) in [4.78, 5) is 0. The second kappa shape index (κ2) is 6.34. The molecule has 0 fully saturated rings. The molecule has 0 saturated heterocycles. The van der Waals surface area contributed by atoms with Crippen molar-refractivity contribution in [3.05, 3.63) is 64.7 Å². The lowest BCUT2D eigenvalue weighted by molar-refractivity contribution is -0.137. The normalized spacial score (nSPS) is 11.8. The first-order chi connectivity index (χ1) is 10.3. The van der Waals surface area contributed by atoms with Gasteiger partial charge in [-0.25, -0.2) is 8.78 Å². The maximum Gasteiger partial charge on any atom is 0.416 e. The van der Waals surface area contributed by atoms with Crippen molar-refractivity contribution in [3.8, 4) is 5.75 Å². The Hall–Kier alpha value is -2.11. The predicted octanol–water partition coefficient (Wildman–Crippen LogP) is 5.53. The zero-order valence-corrected chi connectivity index (χ0v) is 11.6. The van der Waals surface area contributed by atoms with E-state index in [-0.39, 0.29) is 17.9 Å². The van der Waals surface area contributed by atoms with E-state index in [1.54, 1.807) is 6.07 Å². The Kier molecular flexibility index (Phi) is 4.68. The highest BCUT2D eigenvalue weighted by atomic mass is 19.4. The third-order valence-electron chi connectivity index (χ3n) is 3.10. The highest BCUT2D eigenvalue weighted by molar-refractivity contribution is 5.37. The predicted molar refractivity (Wildman–Crippen MR) is 71.9 cm³/mol. The summed E-state index contributed by atoms with van der Waals surface area (Å²) in [5.74, 6) is 0.287. The van der Waals surface area contributed by atoms with Gasteiger partial charge in [0.05, 0.1) is 5.56 Å². The standard InChI is InChI=1S/C16H13F5O/c1-10-7-13(16(19,20)21)5-6-14(10)22-9-11-3-2-4-12(8-11)15(17)18/h2-8,15H,9H2,1H3. The number of ether oxygens (including phenoxy) is 1. The molecule has 0 aliphatic carbocycles. The average Bonchev–Trinajstić information content (AvgIpc) is 2.45. The van der Waals surface area contributed by atoms with Crippen molar-refractivity contribution in [2.45, 2.75) is 26.1 Å². The Morgan fingerprint density at radius 3 is 2.36 bits per heavy atom. The molecule has 2 aromatic carbocycles. The molecule has 0 aromatic heterocycles. The van der Waals surface area contributed by atoms with Crippen molar-refractivity contribution >= 4 is 0 Å². The number of hydrogen-bond donors (Lipinski definition) is 0. The van der Waals surface area contributed by atoms with E-state index >= 15 is 0 Å². The molecule has 0 aliphatic heterocycles. The van der Waals surface area contributed by atoms with Gasteiger partial charge in [0.15, 0.2) is 0 Å². The fourth-order valence-electron chi connectivity index (χ4n) is 1.97. The van der Waals surface area contributed by atoms with E-state index in [1.165, 1.54) is 31.2 Å². The third kappa shape index (κ3) is 3.96. The van der Waals surface area contributed by atoms with Crippen LogP contribution in [0.3, 0.4) is 0 Å². The van der Waals surface area contributed by atoms with Gasteiger partial charge < -0.3 is 4.74 Å². The molecule has 2 aromatic rings. The Bertz CT molecular complexity index is 649. The van der Waals surface area contributed by atoms with Gasteiger partial charge in [-0.3, -0.25) is 0 Å². The molecule has 1 nitrogen and oxygen atoms in total. The molecule has 2 rings (SSSR count). The van der Waals surface area contributed by atoms with Crippen molar-refractivity contribution < 1.29 is 26.7 Å². The molecule has 0 heterocycles. The molecule has 0 amide bonds. The van der Waals surface area contributed by atoms with Gasteiger partial charge in [0, 0.05) is 5.56 Å². The summed E-state index contributed by atoms with van der Waals surface area (Å²) in [5.41, 5.74) is -0.0146. The second-order valence-corrected chi connectivity index (χ2v) is 4.81. The van der Waals surface area contributed by atoms with Crippen LogP contribution in [0.2, 0.25) is 0 Å². The number of alkyl halides is 5. The van der Waals surface area contributed by atoms with E-state index < -0.39 is 18.2 Å². The topological polar surface area (TPSA) is 9.23 Å². The summed E-state index contributed by atoms with van der Waals surface area (Å²) < 4.78 is 68.3. The lowest BCUT2D eigenvalue weighted by Crippen LogP contribution is -2.06. The summed E-state index contributed by atoms with van der Waals surface area (Å²) in [6.07, 6.45) is -6.98. The van der Waals surface area contributed by atoms with Crippen LogP contribution in [0.15, 0.2) is 42.5 Å². The molecule has 0 atom stereocenters. The van der Waals surface area contributed by atoms with Crippen LogP contribution >= 0.6 is 0 Å². The average molecular weight is 316 g/mol. The molecular weight excluding hydrogens is 303 g/mol. The van der Waals surface area contributed by atoms with Crippen LogP contribution in [0.5, 0.6) is 5.75 Å². The van der Waals surface area contributed by atoms with Gasteiger partial charge in [0.2, 0.25) is 0 Å². The minimum atomic E-state index is -4.41. The number of hydrogen-bond acceptors (Lipinski definition) is 1. The third-order valence-corrected chi connectivity index (χ3v) is 3.10. The van der Waals surface area contributed by atoms with Gasteiger partial charge in [0.1, 0.15) is 12.4 Å². The van der Waals surface area contributed by atoms with Crippen LogP contribution < -0.4 is 4.74 Å². The van der Waals surface area contributed by atoms with E-state index in [0.717, 1.165) is 12.1 Å². The Balaban J connectivity index is 2.10. The van der Waals surface area contributed by atoms with Crippen LogP contribution in [0.1, 0.15) is 28.7 Å². The SMILES string of the molecule is Cc1cc(C(F)(F)F)ccc1OCc1cccc(C(F)F)c1. The van der Waals surface area contributed by atoms with Crippen molar-refractivity contribution in [3.63, 3.8) is 0 Å². The maximum absolute atomic E-state index is 12.6. The number of aryl methyl sites for hydroxylation is 1. The highest BCUT2D eigenvalue weighted by Gasteiger charge is 2.30. The first kappa shape index (κ1) is 16.3. The minimum Gasteiger partial charge on any atom is -0.489 e. The molecule has 0 N–H and O–H groups in total. The Morgan fingerprint density at radius 2 is 1.77 bits per heavy atom. The molecular formula is C16H13F5O. The lowest BCUT2D eigenvalue weighted by atomic mass is 10.1. The van der Waals surface area contributed by atoms with Crippen LogP contribution in [-0.2, 0) is 12.8 Å². The van der Waals surface area contributed by atoms with E-state index in [1.807, 2.05) is 0 Å². The van der Waals surface area contributed by atoms with Gasteiger partial charge >= 0.3 is 6.18 Å². The van der Waals surface area contributed by atoms with Crippen molar-refractivity contribution in [1.29, 1.82) is 0 Å². The molecule has 0 spiro atoms. The van der Waals surface area contributed by atoms with Crippen molar-refractivity contribution in [2.75, 3.05) is 0 Å². The van der Waals surface area contributed by atoms with E-state index in [4.69, 9.17) is 4.74 Å². The number of rotatable bonds is 4. The lowest BCUT2D eigenvalue weighted by Gasteiger charge is -2.13. The van der Waals surface area contributed by atoms with Gasteiger partial charge in [-0.1, -0.05) is 18.2 Å². The molecule has 118 valence electrons. The van der Waals surface area contributed by atoms with Crippen molar-refractivity contribution in [2.24, 2.45) is 0 Å². The second-order valence-electron chi connectivity index (χ2n) is 4.81. The number of halogens is 5. The fourth-order valence-corrected chi connectivity index (χ4v) is 1.97. The summed E-state index contributed by atoms with van der Waals surface area (Å²) in [6, 6.07) is 8.87. The summed E-state index contributed by atoms with van der Waals surface area (Å²) in [6.45, 7) is 1.51. The van der Waals surface area contributed by atoms with Crippen LogP contribution in [0.4, 0.5) is 22.0 Å². The van der Waals surface area contributed by atoms with Gasteiger partial charge in [-0.2, -0.15) is 13.2 Å². The van der Waals surface area contributed by atoms with Crippen molar-refractivity contribution in [1.82, 2.24) is 0 Å². The largest absolute Gasteiger partial charge is 0.489 e. The quantitative estimate of drug-likeness (QED) is 0.674. The summed E-state index contributed by atoms with van der Waals surface area (Å²) in [7, 11) is 0. The van der Waals surface area contributed by atoms with E-state index in [0.29, 0.717) is 11.1 Å². The van der Waals surface area contributed by atoms with Gasteiger partial charge in [0.25, 0.3) is 6.43 Å². The smallest absolute Gasteiger partial charge is 0.416 e. The first-order valence-electron chi connectivity index (χ1n) is 6.45. The fraction of sp³-hybridized carbons (Fsp3) is 0.250. The highest BCUT2D eigenvalue weighted by Crippen LogP contribution is 2.32. The molecule has 22 heavy (non-hydrogen) atoms. The van der Waals surface area contributed by atoms with Crippen LogP contribution in [0, 0.1) is 6.92 Å². The summed E-state index contributed by atoms with van der Waals surface area (Å²) >= 11 is 0. The summed E-state index contributed by atoms with van der Waals surface area (Å²) in [5, 5.41) is 0. The number of benzene rings is 2.